The van der Waals surface area contributed by atoms with Gasteiger partial charge in [-0.05, 0) is 49.0 Å². The standard InChI is InChI=1S/C18H18/c1-13-6-9-16(10-7-13)17-5-3-4-15-11-8-14(2)12-18(15)17/h5-12H,3-4H2,1-2H3. The summed E-state index contributed by atoms with van der Waals surface area (Å²) in [6, 6.07) is 15.7. The van der Waals surface area contributed by atoms with Crippen molar-refractivity contribution in [3.05, 3.63) is 76.4 Å². The first-order chi connectivity index (χ1) is 8.74. The van der Waals surface area contributed by atoms with Gasteiger partial charge in [0.1, 0.15) is 0 Å². The largest absolute Gasteiger partial charge is 0.0757 e. The Labute approximate surface area is 109 Å². The van der Waals surface area contributed by atoms with Crippen LogP contribution in [0, 0.1) is 13.8 Å². The SMILES string of the molecule is Cc1ccc(C2=CCCc3ccc(C)cc32)cc1. The molecule has 18 heavy (non-hydrogen) atoms. The first-order valence-corrected chi connectivity index (χ1v) is 6.61. The molecule has 0 fully saturated rings. The first-order valence-electron chi connectivity index (χ1n) is 6.61. The molecule has 0 bridgehead atoms. The molecule has 0 N–H and O–H groups in total. The summed E-state index contributed by atoms with van der Waals surface area (Å²) in [6.07, 6.45) is 4.71. The molecule has 0 spiro atoms. The molecule has 0 radical (unpaired) electrons. The molecule has 1 aliphatic rings. The van der Waals surface area contributed by atoms with Gasteiger partial charge in [0.2, 0.25) is 0 Å². The average molecular weight is 234 g/mol. The van der Waals surface area contributed by atoms with E-state index in [0.29, 0.717) is 0 Å². The smallest absolute Gasteiger partial charge is 0.0146 e. The lowest BCUT2D eigenvalue weighted by molar-refractivity contribution is 0.975. The minimum atomic E-state index is 1.15. The van der Waals surface area contributed by atoms with Crippen LogP contribution in [0.5, 0.6) is 0 Å². The molecule has 0 amide bonds. The molecule has 0 unspecified atom stereocenters. The maximum Gasteiger partial charge on any atom is -0.0146 e. The summed E-state index contributed by atoms with van der Waals surface area (Å²) < 4.78 is 0. The normalized spacial score (nSPS) is 14.0. The zero-order valence-electron chi connectivity index (χ0n) is 11.0. The molecule has 0 heterocycles. The number of hydrogen-bond acceptors (Lipinski definition) is 0. The van der Waals surface area contributed by atoms with Crippen molar-refractivity contribution < 1.29 is 0 Å². The zero-order valence-corrected chi connectivity index (χ0v) is 11.0. The highest BCUT2D eigenvalue weighted by Gasteiger charge is 2.13. The number of aryl methyl sites for hydroxylation is 3. The summed E-state index contributed by atoms with van der Waals surface area (Å²) in [4.78, 5) is 0. The van der Waals surface area contributed by atoms with E-state index >= 15 is 0 Å². The van der Waals surface area contributed by atoms with Gasteiger partial charge in [-0.25, -0.2) is 0 Å². The van der Waals surface area contributed by atoms with E-state index < -0.39 is 0 Å². The zero-order chi connectivity index (χ0) is 12.5. The molecule has 2 aromatic rings. The number of hydrogen-bond donors (Lipinski definition) is 0. The lowest BCUT2D eigenvalue weighted by Gasteiger charge is -2.19. The molecule has 0 heteroatoms. The molecule has 90 valence electrons. The summed E-state index contributed by atoms with van der Waals surface area (Å²) in [6.45, 7) is 4.30. The Balaban J connectivity index is 2.11. The molecular formula is C18H18. The third-order valence-electron chi connectivity index (χ3n) is 3.68. The number of allylic oxidation sites excluding steroid dienone is 1. The molecule has 0 saturated carbocycles. The highest BCUT2D eigenvalue weighted by Crippen LogP contribution is 2.32. The van der Waals surface area contributed by atoms with Crippen molar-refractivity contribution in [2.24, 2.45) is 0 Å². The van der Waals surface area contributed by atoms with Crippen LogP contribution in [0.25, 0.3) is 5.57 Å². The van der Waals surface area contributed by atoms with Crippen molar-refractivity contribution >= 4 is 5.57 Å². The Kier molecular flexibility index (Phi) is 2.79. The maximum absolute atomic E-state index is 2.38. The molecule has 2 aromatic carbocycles. The summed E-state index contributed by atoms with van der Waals surface area (Å²) in [5.74, 6) is 0. The van der Waals surface area contributed by atoms with E-state index in [1.54, 1.807) is 0 Å². The first kappa shape index (κ1) is 11.3. The van der Waals surface area contributed by atoms with E-state index in [1.165, 1.54) is 39.8 Å². The lowest BCUT2D eigenvalue weighted by atomic mass is 9.86. The monoisotopic (exact) mass is 234 g/mol. The van der Waals surface area contributed by atoms with Crippen molar-refractivity contribution in [3.63, 3.8) is 0 Å². The van der Waals surface area contributed by atoms with E-state index in [2.05, 4.69) is 62.4 Å². The van der Waals surface area contributed by atoms with Crippen molar-refractivity contribution in [1.29, 1.82) is 0 Å². The minimum Gasteiger partial charge on any atom is -0.0757 e. The van der Waals surface area contributed by atoms with Crippen LogP contribution in [-0.2, 0) is 6.42 Å². The van der Waals surface area contributed by atoms with E-state index in [1.807, 2.05) is 0 Å². The molecule has 0 saturated heterocycles. The van der Waals surface area contributed by atoms with Gasteiger partial charge in [0.15, 0.2) is 0 Å². The summed E-state index contributed by atoms with van der Waals surface area (Å²) in [5, 5.41) is 0. The van der Waals surface area contributed by atoms with Gasteiger partial charge in [0, 0.05) is 0 Å². The Hall–Kier alpha value is -1.82. The molecule has 3 rings (SSSR count). The predicted octanol–water partition coefficient (Wildman–Crippen LogP) is 4.68. The van der Waals surface area contributed by atoms with Gasteiger partial charge in [0.25, 0.3) is 0 Å². The number of rotatable bonds is 1. The Bertz CT molecular complexity index is 600. The fourth-order valence-electron chi connectivity index (χ4n) is 2.65. The van der Waals surface area contributed by atoms with Gasteiger partial charge >= 0.3 is 0 Å². The van der Waals surface area contributed by atoms with Crippen LogP contribution in [0.1, 0.15) is 34.2 Å². The Morgan fingerprint density at radius 3 is 2.33 bits per heavy atom. The quantitative estimate of drug-likeness (QED) is 0.672. The second-order valence-corrected chi connectivity index (χ2v) is 5.18. The molecule has 0 nitrogen and oxygen atoms in total. The summed E-state index contributed by atoms with van der Waals surface area (Å²) in [5.41, 5.74) is 8.31. The second kappa shape index (κ2) is 4.45. The van der Waals surface area contributed by atoms with Gasteiger partial charge in [-0.2, -0.15) is 0 Å². The number of benzene rings is 2. The summed E-state index contributed by atoms with van der Waals surface area (Å²) in [7, 11) is 0. The van der Waals surface area contributed by atoms with Crippen LogP contribution in [0.4, 0.5) is 0 Å². The van der Waals surface area contributed by atoms with Gasteiger partial charge < -0.3 is 0 Å². The lowest BCUT2D eigenvalue weighted by Crippen LogP contribution is -2.01. The third-order valence-corrected chi connectivity index (χ3v) is 3.68. The third kappa shape index (κ3) is 1.99. The minimum absolute atomic E-state index is 1.15. The highest BCUT2D eigenvalue weighted by atomic mass is 14.2. The predicted molar refractivity (Wildman–Crippen MR) is 77.8 cm³/mol. The second-order valence-electron chi connectivity index (χ2n) is 5.18. The van der Waals surface area contributed by atoms with Gasteiger partial charge in [-0.1, -0.05) is 59.7 Å². The average Bonchev–Trinajstić information content (AvgIpc) is 2.39. The van der Waals surface area contributed by atoms with Crippen LogP contribution < -0.4 is 0 Å². The van der Waals surface area contributed by atoms with Crippen molar-refractivity contribution in [2.75, 3.05) is 0 Å². The van der Waals surface area contributed by atoms with Crippen LogP contribution >= 0.6 is 0 Å². The van der Waals surface area contributed by atoms with Gasteiger partial charge in [0.05, 0.1) is 0 Å². The maximum atomic E-state index is 2.38. The van der Waals surface area contributed by atoms with Gasteiger partial charge in [-0.15, -0.1) is 0 Å². The highest BCUT2D eigenvalue weighted by molar-refractivity contribution is 5.82. The van der Waals surface area contributed by atoms with Crippen molar-refractivity contribution in [3.8, 4) is 0 Å². The Morgan fingerprint density at radius 2 is 1.56 bits per heavy atom. The van der Waals surface area contributed by atoms with Gasteiger partial charge in [-0.3, -0.25) is 0 Å². The van der Waals surface area contributed by atoms with Crippen molar-refractivity contribution in [1.82, 2.24) is 0 Å². The van der Waals surface area contributed by atoms with Crippen LogP contribution in [-0.4, -0.2) is 0 Å². The van der Waals surface area contributed by atoms with E-state index in [9.17, 15) is 0 Å². The van der Waals surface area contributed by atoms with Crippen LogP contribution in [0.2, 0.25) is 0 Å². The van der Waals surface area contributed by atoms with E-state index in [0.717, 1.165) is 6.42 Å². The number of fused-ring (bicyclic) bond motifs is 1. The van der Waals surface area contributed by atoms with Crippen LogP contribution in [0.15, 0.2) is 48.5 Å². The Morgan fingerprint density at radius 1 is 0.833 bits per heavy atom. The topological polar surface area (TPSA) is 0 Å². The molecule has 0 atom stereocenters. The van der Waals surface area contributed by atoms with E-state index in [4.69, 9.17) is 0 Å². The molecule has 0 aromatic heterocycles. The summed E-state index contributed by atoms with van der Waals surface area (Å²) >= 11 is 0. The molecule has 0 aliphatic heterocycles. The fraction of sp³-hybridized carbons (Fsp3) is 0.222. The fourth-order valence-corrected chi connectivity index (χ4v) is 2.65. The van der Waals surface area contributed by atoms with Crippen molar-refractivity contribution in [2.45, 2.75) is 26.7 Å². The molecular weight excluding hydrogens is 216 g/mol. The van der Waals surface area contributed by atoms with E-state index in [-0.39, 0.29) is 0 Å². The molecule has 1 aliphatic carbocycles. The van der Waals surface area contributed by atoms with Crippen LogP contribution in [0.3, 0.4) is 0 Å².